The lowest BCUT2D eigenvalue weighted by Gasteiger charge is -2.16. The summed E-state index contributed by atoms with van der Waals surface area (Å²) in [5.41, 5.74) is 7.39. The van der Waals surface area contributed by atoms with Gasteiger partial charge in [-0.25, -0.2) is 0 Å². The Labute approximate surface area is 89.6 Å². The Hall–Kier alpha value is -1.72. The third-order valence-electron chi connectivity index (χ3n) is 2.48. The third-order valence-corrected chi connectivity index (χ3v) is 2.48. The molecule has 0 saturated heterocycles. The van der Waals surface area contributed by atoms with Gasteiger partial charge in [0.1, 0.15) is 0 Å². The first kappa shape index (κ1) is 10.8. The van der Waals surface area contributed by atoms with Crippen molar-refractivity contribution in [3.63, 3.8) is 0 Å². The molecule has 2 rings (SSSR count). The lowest BCUT2D eigenvalue weighted by molar-refractivity contribution is -0.186. The number of fused-ring (bicyclic) bond motifs is 1. The van der Waals surface area contributed by atoms with Crippen LogP contribution in [0.5, 0.6) is 0 Å². The maximum atomic E-state index is 12.2. The second-order valence-electron chi connectivity index (χ2n) is 3.69. The molecular formula is C10H9F3N2O. The van der Waals surface area contributed by atoms with Crippen LogP contribution >= 0.6 is 0 Å². The highest BCUT2D eigenvalue weighted by molar-refractivity contribution is 5.82. The fraction of sp³-hybridized carbons (Fsp3) is 0.300. The van der Waals surface area contributed by atoms with Gasteiger partial charge < -0.3 is 10.6 Å². The van der Waals surface area contributed by atoms with E-state index in [1.54, 1.807) is 18.2 Å². The number of halogens is 3. The van der Waals surface area contributed by atoms with Crippen molar-refractivity contribution in [2.45, 2.75) is 19.3 Å². The Morgan fingerprint density at radius 1 is 1.25 bits per heavy atom. The minimum atomic E-state index is -4.81. The fourth-order valence-corrected chi connectivity index (χ4v) is 1.74. The molecule has 0 saturated carbocycles. The number of carbonyl (C=O) groups is 1. The molecule has 1 amide bonds. The van der Waals surface area contributed by atoms with Crippen LogP contribution in [0.2, 0.25) is 0 Å². The number of benzene rings is 1. The van der Waals surface area contributed by atoms with Crippen molar-refractivity contribution in [3.05, 3.63) is 29.3 Å². The summed E-state index contributed by atoms with van der Waals surface area (Å²) in [6, 6.07) is 4.85. The summed E-state index contributed by atoms with van der Waals surface area (Å²) in [5.74, 6) is -1.80. The van der Waals surface area contributed by atoms with Crippen LogP contribution in [0.15, 0.2) is 18.2 Å². The van der Waals surface area contributed by atoms with Crippen LogP contribution in [0.25, 0.3) is 0 Å². The van der Waals surface area contributed by atoms with Gasteiger partial charge in [0.05, 0.1) is 0 Å². The molecule has 2 N–H and O–H groups in total. The fourth-order valence-electron chi connectivity index (χ4n) is 1.74. The Morgan fingerprint density at radius 2 is 1.88 bits per heavy atom. The summed E-state index contributed by atoms with van der Waals surface area (Å²) in [6.45, 7) is -0.0350. The second kappa shape index (κ2) is 3.40. The van der Waals surface area contributed by atoms with E-state index in [0.29, 0.717) is 16.8 Å². The monoisotopic (exact) mass is 230 g/mol. The summed E-state index contributed by atoms with van der Waals surface area (Å²) in [6.07, 6.45) is -4.81. The number of hydrogen-bond donors (Lipinski definition) is 1. The van der Waals surface area contributed by atoms with Crippen molar-refractivity contribution in [1.29, 1.82) is 0 Å². The Kier molecular flexibility index (Phi) is 2.29. The van der Waals surface area contributed by atoms with E-state index in [1.165, 1.54) is 0 Å². The predicted octanol–water partition coefficient (Wildman–Crippen LogP) is 1.67. The van der Waals surface area contributed by atoms with Crippen molar-refractivity contribution < 1.29 is 18.0 Å². The number of alkyl halides is 3. The number of amides is 1. The summed E-state index contributed by atoms with van der Waals surface area (Å²) in [4.78, 5) is 11.8. The summed E-state index contributed by atoms with van der Waals surface area (Å²) in [7, 11) is 0. The molecule has 1 aromatic carbocycles. The first-order valence-electron chi connectivity index (χ1n) is 4.61. The van der Waals surface area contributed by atoms with E-state index in [4.69, 9.17) is 5.73 Å². The van der Waals surface area contributed by atoms with Gasteiger partial charge in [-0.05, 0) is 23.3 Å². The van der Waals surface area contributed by atoms with Gasteiger partial charge >= 0.3 is 12.1 Å². The maximum Gasteiger partial charge on any atom is 0.471 e. The largest absolute Gasteiger partial charge is 0.471 e. The van der Waals surface area contributed by atoms with Gasteiger partial charge in [-0.1, -0.05) is 6.07 Å². The van der Waals surface area contributed by atoms with Crippen molar-refractivity contribution in [2.75, 3.05) is 5.73 Å². The molecular weight excluding hydrogens is 221 g/mol. The van der Waals surface area contributed by atoms with E-state index in [9.17, 15) is 18.0 Å². The van der Waals surface area contributed by atoms with Crippen LogP contribution in [0, 0.1) is 0 Å². The van der Waals surface area contributed by atoms with Crippen LogP contribution in [0.4, 0.5) is 18.9 Å². The molecule has 0 spiro atoms. The highest BCUT2D eigenvalue weighted by Crippen LogP contribution is 2.28. The van der Waals surface area contributed by atoms with Crippen molar-refractivity contribution >= 4 is 11.6 Å². The van der Waals surface area contributed by atoms with E-state index in [0.717, 1.165) is 4.90 Å². The first-order chi connectivity index (χ1) is 7.38. The predicted molar refractivity (Wildman–Crippen MR) is 51.2 cm³/mol. The van der Waals surface area contributed by atoms with Crippen LogP contribution in [0.3, 0.4) is 0 Å². The number of anilines is 1. The number of nitrogens with two attached hydrogens (primary N) is 1. The minimum Gasteiger partial charge on any atom is -0.399 e. The van der Waals surface area contributed by atoms with E-state index < -0.39 is 12.1 Å². The molecule has 3 nitrogen and oxygen atoms in total. The van der Waals surface area contributed by atoms with E-state index in [2.05, 4.69) is 0 Å². The van der Waals surface area contributed by atoms with Gasteiger partial charge in [-0.15, -0.1) is 0 Å². The van der Waals surface area contributed by atoms with Crippen molar-refractivity contribution in [3.8, 4) is 0 Å². The molecule has 86 valence electrons. The van der Waals surface area contributed by atoms with Gasteiger partial charge in [0.15, 0.2) is 0 Å². The van der Waals surface area contributed by atoms with E-state index in [-0.39, 0.29) is 13.1 Å². The zero-order valence-corrected chi connectivity index (χ0v) is 8.21. The topological polar surface area (TPSA) is 46.3 Å². The molecule has 6 heteroatoms. The van der Waals surface area contributed by atoms with Crippen molar-refractivity contribution in [1.82, 2.24) is 4.90 Å². The van der Waals surface area contributed by atoms with E-state index >= 15 is 0 Å². The molecule has 0 unspecified atom stereocenters. The molecule has 0 bridgehead atoms. The summed E-state index contributed by atoms with van der Waals surface area (Å²) in [5, 5.41) is 0. The second-order valence-corrected chi connectivity index (χ2v) is 3.69. The number of carbonyl (C=O) groups excluding carboxylic acids is 1. The number of nitrogens with zero attached hydrogens (tertiary/aromatic N) is 1. The lowest BCUT2D eigenvalue weighted by Crippen LogP contribution is -2.37. The molecule has 1 aliphatic heterocycles. The summed E-state index contributed by atoms with van der Waals surface area (Å²) < 4.78 is 36.6. The number of rotatable bonds is 0. The van der Waals surface area contributed by atoms with Crippen LogP contribution in [-0.4, -0.2) is 17.0 Å². The normalized spacial score (nSPS) is 15.1. The van der Waals surface area contributed by atoms with Crippen LogP contribution in [-0.2, 0) is 17.9 Å². The first-order valence-corrected chi connectivity index (χ1v) is 4.61. The van der Waals surface area contributed by atoms with Crippen LogP contribution in [0.1, 0.15) is 11.1 Å². The minimum absolute atomic E-state index is 0.00600. The highest BCUT2D eigenvalue weighted by atomic mass is 19.4. The van der Waals surface area contributed by atoms with Gasteiger partial charge in [0.2, 0.25) is 0 Å². The number of nitrogen functional groups attached to an aromatic ring is 1. The van der Waals surface area contributed by atoms with Gasteiger partial charge in [-0.3, -0.25) is 4.79 Å². The highest BCUT2D eigenvalue weighted by Gasteiger charge is 2.43. The van der Waals surface area contributed by atoms with Crippen LogP contribution < -0.4 is 5.73 Å². The van der Waals surface area contributed by atoms with Gasteiger partial charge in [0, 0.05) is 18.8 Å². The lowest BCUT2D eigenvalue weighted by atomic mass is 10.1. The standard InChI is InChI=1S/C10H9F3N2O/c11-10(12,13)9(16)15-4-6-1-2-8(14)3-7(6)5-15/h1-3H,4-5,14H2. The zero-order valence-electron chi connectivity index (χ0n) is 8.21. The van der Waals surface area contributed by atoms with Gasteiger partial charge in [-0.2, -0.15) is 13.2 Å². The quantitative estimate of drug-likeness (QED) is 0.689. The smallest absolute Gasteiger partial charge is 0.399 e. The molecule has 0 fully saturated rings. The van der Waals surface area contributed by atoms with E-state index in [1.807, 2.05) is 0 Å². The molecule has 1 aromatic rings. The average Bonchev–Trinajstić information content (AvgIpc) is 2.57. The van der Waals surface area contributed by atoms with Gasteiger partial charge in [0.25, 0.3) is 0 Å². The third kappa shape index (κ3) is 1.82. The Bertz CT molecular complexity index is 442. The Balaban J connectivity index is 2.20. The number of hydrogen-bond acceptors (Lipinski definition) is 2. The zero-order chi connectivity index (χ0) is 11.9. The molecule has 0 aromatic heterocycles. The Morgan fingerprint density at radius 3 is 2.50 bits per heavy atom. The SMILES string of the molecule is Nc1ccc2c(c1)CN(C(=O)C(F)(F)F)C2. The molecule has 16 heavy (non-hydrogen) atoms. The average molecular weight is 230 g/mol. The molecule has 1 aliphatic rings. The molecule has 0 atom stereocenters. The summed E-state index contributed by atoms with van der Waals surface area (Å²) >= 11 is 0. The molecule has 0 radical (unpaired) electrons. The maximum absolute atomic E-state index is 12.2. The molecule has 0 aliphatic carbocycles. The molecule has 1 heterocycles. The van der Waals surface area contributed by atoms with Crippen molar-refractivity contribution in [2.24, 2.45) is 0 Å².